The highest BCUT2D eigenvalue weighted by Gasteiger charge is 2.33. The lowest BCUT2D eigenvalue weighted by atomic mass is 10.0. The number of thiocarbonyl (C=S) groups is 1. The van der Waals surface area contributed by atoms with Crippen molar-refractivity contribution >= 4 is 57.7 Å². The zero-order chi connectivity index (χ0) is 24.3. The van der Waals surface area contributed by atoms with Crippen LogP contribution in [0.4, 0.5) is 5.82 Å². The van der Waals surface area contributed by atoms with Crippen LogP contribution in [0.1, 0.15) is 43.0 Å². The predicted molar refractivity (Wildman–Crippen MR) is 140 cm³/mol. The number of nitriles is 1. The molecule has 0 unspecified atom stereocenters. The van der Waals surface area contributed by atoms with Crippen LogP contribution in [0.2, 0.25) is 5.02 Å². The molecule has 0 atom stereocenters. The zero-order valence-electron chi connectivity index (χ0n) is 19.0. The molecule has 0 saturated carbocycles. The van der Waals surface area contributed by atoms with E-state index in [1.807, 2.05) is 45.0 Å². The molecule has 3 rings (SSSR count). The van der Waals surface area contributed by atoms with E-state index in [1.165, 1.54) is 16.7 Å². The Morgan fingerprint density at radius 1 is 1.21 bits per heavy atom. The average molecular weight is 501 g/mol. The number of benzene rings is 1. The van der Waals surface area contributed by atoms with Gasteiger partial charge in [0, 0.05) is 30.2 Å². The molecule has 0 spiro atoms. The van der Waals surface area contributed by atoms with Crippen molar-refractivity contribution in [3.8, 4) is 6.07 Å². The molecule has 172 valence electrons. The fourth-order valence-corrected chi connectivity index (χ4v) is 5.30. The molecular weight excluding hydrogens is 476 g/mol. The van der Waals surface area contributed by atoms with Crippen molar-refractivity contribution in [1.29, 1.82) is 5.26 Å². The Bertz CT molecular complexity index is 1240. The van der Waals surface area contributed by atoms with Gasteiger partial charge in [0.2, 0.25) is 0 Å². The summed E-state index contributed by atoms with van der Waals surface area (Å²) in [6.07, 6.45) is 1.77. The first kappa shape index (κ1) is 25.0. The number of aromatic nitrogens is 1. The molecule has 0 N–H and O–H groups in total. The summed E-state index contributed by atoms with van der Waals surface area (Å²) in [6.45, 7) is 9.68. The maximum atomic E-state index is 13.3. The highest BCUT2D eigenvalue weighted by molar-refractivity contribution is 8.26. The van der Waals surface area contributed by atoms with Crippen LogP contribution in [0.5, 0.6) is 0 Å². The fraction of sp³-hybridized carbons (Fsp3) is 0.333. The van der Waals surface area contributed by atoms with E-state index in [-0.39, 0.29) is 23.6 Å². The van der Waals surface area contributed by atoms with E-state index in [1.54, 1.807) is 23.6 Å². The van der Waals surface area contributed by atoms with Gasteiger partial charge in [0.05, 0.1) is 11.4 Å². The van der Waals surface area contributed by atoms with Gasteiger partial charge in [-0.2, -0.15) is 5.26 Å². The number of halogens is 1. The summed E-state index contributed by atoms with van der Waals surface area (Å²) >= 11 is 13.0. The molecule has 0 bridgehead atoms. The van der Waals surface area contributed by atoms with Crippen LogP contribution in [0.25, 0.3) is 6.08 Å². The van der Waals surface area contributed by atoms with Crippen LogP contribution < -0.4 is 10.5 Å². The van der Waals surface area contributed by atoms with Gasteiger partial charge in [-0.05, 0) is 51.0 Å². The van der Waals surface area contributed by atoms with Gasteiger partial charge in [-0.15, -0.1) is 0 Å². The smallest absolute Gasteiger partial charge is 0.270 e. The molecule has 0 radical (unpaired) electrons. The number of amides is 1. The van der Waals surface area contributed by atoms with Gasteiger partial charge in [-0.3, -0.25) is 19.1 Å². The third-order valence-corrected chi connectivity index (χ3v) is 7.41. The van der Waals surface area contributed by atoms with E-state index in [4.69, 9.17) is 23.8 Å². The second kappa shape index (κ2) is 10.6. The van der Waals surface area contributed by atoms with E-state index in [2.05, 4.69) is 4.90 Å². The maximum Gasteiger partial charge on any atom is 0.270 e. The second-order valence-electron chi connectivity index (χ2n) is 7.43. The highest BCUT2D eigenvalue weighted by Crippen LogP contribution is 2.37. The van der Waals surface area contributed by atoms with Crippen molar-refractivity contribution in [3.63, 3.8) is 0 Å². The normalized spacial score (nSPS) is 14.8. The van der Waals surface area contributed by atoms with Gasteiger partial charge in [-0.25, -0.2) is 0 Å². The van der Waals surface area contributed by atoms with Crippen LogP contribution >= 0.6 is 35.6 Å². The van der Waals surface area contributed by atoms with E-state index in [0.29, 0.717) is 50.8 Å². The first-order valence-corrected chi connectivity index (χ1v) is 12.3. The van der Waals surface area contributed by atoms with Gasteiger partial charge in [0.25, 0.3) is 11.5 Å². The van der Waals surface area contributed by atoms with Crippen LogP contribution in [0, 0.1) is 18.3 Å². The van der Waals surface area contributed by atoms with Gasteiger partial charge in [0.15, 0.2) is 0 Å². The van der Waals surface area contributed by atoms with Crippen LogP contribution in [-0.4, -0.2) is 32.8 Å². The van der Waals surface area contributed by atoms with Gasteiger partial charge < -0.3 is 4.90 Å². The van der Waals surface area contributed by atoms with Crippen molar-refractivity contribution in [3.05, 3.63) is 66.8 Å². The molecule has 1 fully saturated rings. The van der Waals surface area contributed by atoms with E-state index in [9.17, 15) is 14.9 Å². The van der Waals surface area contributed by atoms with Crippen molar-refractivity contribution in [2.75, 3.05) is 18.0 Å². The first-order valence-electron chi connectivity index (χ1n) is 10.7. The van der Waals surface area contributed by atoms with Gasteiger partial charge in [0.1, 0.15) is 21.8 Å². The Balaban J connectivity index is 2.15. The minimum absolute atomic E-state index is 0.0885. The quantitative estimate of drug-likeness (QED) is 0.396. The molecule has 1 amide bonds. The second-order valence-corrected chi connectivity index (χ2v) is 9.51. The number of anilines is 1. The monoisotopic (exact) mass is 500 g/mol. The molecule has 2 heterocycles. The predicted octanol–water partition coefficient (Wildman–Crippen LogP) is 4.95. The lowest BCUT2D eigenvalue weighted by Gasteiger charge is -2.28. The largest absolute Gasteiger partial charge is 0.358 e. The average Bonchev–Trinajstić information content (AvgIpc) is 3.06. The number of thioether (sulfide) groups is 1. The molecular formula is C24H25ClN4O2S2. The Morgan fingerprint density at radius 3 is 2.45 bits per heavy atom. The van der Waals surface area contributed by atoms with Crippen molar-refractivity contribution in [1.82, 2.24) is 9.47 Å². The lowest BCUT2D eigenvalue weighted by molar-refractivity contribution is -0.122. The standard InChI is InChI=1S/C24H25ClN4O2S2/c1-5-27(6-2)21-17(15(4)18(13-26)22(30)28(21)7-3)12-20-23(31)29(24(32)33-20)14-16-10-8-9-11-19(16)25/h8-12H,5-7,14H2,1-4H3/b20-12-. The lowest BCUT2D eigenvalue weighted by Crippen LogP contribution is -2.34. The summed E-state index contributed by atoms with van der Waals surface area (Å²) in [7, 11) is 0. The fourth-order valence-electron chi connectivity index (χ4n) is 3.87. The molecule has 6 nitrogen and oxygen atoms in total. The Morgan fingerprint density at radius 2 is 1.88 bits per heavy atom. The molecule has 33 heavy (non-hydrogen) atoms. The van der Waals surface area contributed by atoms with E-state index < -0.39 is 0 Å². The Labute approximate surface area is 208 Å². The number of hydrogen-bond donors (Lipinski definition) is 0. The van der Waals surface area contributed by atoms with Crippen LogP contribution in [0.3, 0.4) is 0 Å². The van der Waals surface area contributed by atoms with Crippen molar-refractivity contribution in [2.24, 2.45) is 0 Å². The minimum atomic E-state index is -0.317. The molecule has 2 aromatic rings. The molecule has 1 saturated heterocycles. The third-order valence-electron chi connectivity index (χ3n) is 5.66. The number of carbonyl (C=O) groups is 1. The highest BCUT2D eigenvalue weighted by atomic mass is 35.5. The first-order chi connectivity index (χ1) is 15.8. The number of nitrogens with zero attached hydrogens (tertiary/aromatic N) is 4. The van der Waals surface area contributed by atoms with Gasteiger partial charge in [-0.1, -0.05) is 53.8 Å². The summed E-state index contributed by atoms with van der Waals surface area (Å²) in [5.41, 5.74) is 1.83. The summed E-state index contributed by atoms with van der Waals surface area (Å²) in [5.74, 6) is 0.489. The SMILES string of the molecule is CCN(CC)c1c(/C=C2\SC(=S)N(Cc3ccccc3Cl)C2=O)c(C)c(C#N)c(=O)n1CC. The Hall–Kier alpha value is -2.60. The summed E-state index contributed by atoms with van der Waals surface area (Å²) in [5, 5.41) is 10.2. The third kappa shape index (κ3) is 4.72. The van der Waals surface area contributed by atoms with E-state index in [0.717, 1.165) is 5.56 Å². The summed E-state index contributed by atoms with van der Waals surface area (Å²) < 4.78 is 2.05. The molecule has 1 aliphatic heterocycles. The van der Waals surface area contributed by atoms with Crippen molar-refractivity contribution in [2.45, 2.75) is 40.8 Å². The van der Waals surface area contributed by atoms with Gasteiger partial charge >= 0.3 is 0 Å². The molecule has 1 aromatic heterocycles. The number of pyridine rings is 1. The number of rotatable bonds is 7. The Kier molecular flexibility index (Phi) is 8.01. The zero-order valence-corrected chi connectivity index (χ0v) is 21.4. The molecule has 9 heteroatoms. The number of hydrogen-bond acceptors (Lipinski definition) is 6. The summed E-state index contributed by atoms with van der Waals surface area (Å²) in [4.78, 5) is 30.3. The molecule has 1 aromatic carbocycles. The summed E-state index contributed by atoms with van der Waals surface area (Å²) in [6, 6.07) is 9.40. The van der Waals surface area contributed by atoms with Crippen LogP contribution in [0.15, 0.2) is 34.0 Å². The molecule has 1 aliphatic rings. The topological polar surface area (TPSA) is 69.3 Å². The van der Waals surface area contributed by atoms with Crippen LogP contribution in [-0.2, 0) is 17.9 Å². The number of carbonyl (C=O) groups excluding carboxylic acids is 1. The minimum Gasteiger partial charge on any atom is -0.358 e. The molecule has 0 aliphatic carbocycles. The maximum absolute atomic E-state index is 13.3. The van der Waals surface area contributed by atoms with E-state index >= 15 is 0 Å². The van der Waals surface area contributed by atoms with Crippen molar-refractivity contribution < 1.29 is 4.79 Å².